The molecule has 1 saturated heterocycles. The van der Waals surface area contributed by atoms with Crippen LogP contribution in [0.1, 0.15) is 50.4 Å². The summed E-state index contributed by atoms with van der Waals surface area (Å²) in [6, 6.07) is 6.85. The van der Waals surface area contributed by atoms with Crippen molar-refractivity contribution in [3.8, 4) is 5.75 Å². The van der Waals surface area contributed by atoms with E-state index in [0.717, 1.165) is 12.1 Å². The van der Waals surface area contributed by atoms with Gasteiger partial charge in [-0.1, -0.05) is 18.5 Å². The first-order valence-corrected chi connectivity index (χ1v) is 12.0. The lowest BCUT2D eigenvalue weighted by molar-refractivity contribution is -0.137. The van der Waals surface area contributed by atoms with Crippen LogP contribution in [0.5, 0.6) is 5.75 Å². The van der Waals surface area contributed by atoms with E-state index < -0.39 is 46.8 Å². The molecule has 204 valence electrons. The third-order valence-corrected chi connectivity index (χ3v) is 6.80. The highest BCUT2D eigenvalue weighted by atomic mass is 35.5. The molecule has 6 nitrogen and oxygen atoms in total. The lowest BCUT2D eigenvalue weighted by Gasteiger charge is -2.37. The molecule has 2 heterocycles. The van der Waals surface area contributed by atoms with E-state index in [-0.39, 0.29) is 51.2 Å². The van der Waals surface area contributed by atoms with Gasteiger partial charge >= 0.3 is 6.18 Å². The Labute approximate surface area is 224 Å². The number of carbonyl (C=O) groups is 2. The molecule has 0 radical (unpaired) electrons. The normalized spacial score (nSPS) is 17.7. The SMILES string of the molecule is CC1(COc2cc(NC(=O)c3cc(F)cc(C(F)(F)F)c3)c3c(c2)C(=O)NC3c2cc(F)ccc2Cl)COC1. The van der Waals surface area contributed by atoms with Gasteiger partial charge in [-0.25, -0.2) is 8.78 Å². The van der Waals surface area contributed by atoms with Crippen molar-refractivity contribution in [3.05, 3.63) is 93.0 Å². The minimum atomic E-state index is -4.89. The second-order valence-corrected chi connectivity index (χ2v) is 10.2. The van der Waals surface area contributed by atoms with Gasteiger partial charge in [0.1, 0.15) is 17.4 Å². The third-order valence-electron chi connectivity index (χ3n) is 6.46. The van der Waals surface area contributed by atoms with E-state index >= 15 is 0 Å². The van der Waals surface area contributed by atoms with Crippen molar-refractivity contribution < 1.29 is 41.0 Å². The molecule has 2 N–H and O–H groups in total. The van der Waals surface area contributed by atoms with Gasteiger partial charge < -0.3 is 20.1 Å². The lowest BCUT2D eigenvalue weighted by atomic mass is 9.90. The lowest BCUT2D eigenvalue weighted by Crippen LogP contribution is -2.44. The van der Waals surface area contributed by atoms with Crippen LogP contribution in [0.2, 0.25) is 5.02 Å². The van der Waals surface area contributed by atoms with Crippen LogP contribution in [-0.2, 0) is 10.9 Å². The standard InChI is InChI=1S/C27H20ClF5N2O4/c1-26(10-38-11-26)12-39-17-8-19-22(23(35-25(19)37)18-7-15(29)2-3-20(18)28)21(9-17)34-24(36)13-4-14(27(31,32)33)6-16(30)5-13/h2-9,23H,10-12H2,1H3,(H,34,36)(H,35,37). The van der Waals surface area contributed by atoms with Crippen LogP contribution in [0.15, 0.2) is 48.5 Å². The first-order chi connectivity index (χ1) is 18.3. The summed E-state index contributed by atoms with van der Waals surface area (Å²) in [5, 5.41) is 5.30. The molecule has 2 aliphatic rings. The molecule has 3 aromatic carbocycles. The van der Waals surface area contributed by atoms with E-state index in [0.29, 0.717) is 25.3 Å². The minimum Gasteiger partial charge on any atom is -0.493 e. The molecule has 0 spiro atoms. The third kappa shape index (κ3) is 5.41. The van der Waals surface area contributed by atoms with Crippen molar-refractivity contribution in [1.29, 1.82) is 0 Å². The number of ether oxygens (including phenoxy) is 2. The second kappa shape index (κ2) is 9.80. The zero-order valence-corrected chi connectivity index (χ0v) is 21.0. The Morgan fingerprint density at radius 1 is 1.13 bits per heavy atom. The Morgan fingerprint density at radius 3 is 2.54 bits per heavy atom. The van der Waals surface area contributed by atoms with Gasteiger partial charge in [0.15, 0.2) is 0 Å². The van der Waals surface area contributed by atoms with Gasteiger partial charge in [0.2, 0.25) is 0 Å². The van der Waals surface area contributed by atoms with Crippen molar-refractivity contribution in [1.82, 2.24) is 5.32 Å². The average Bonchev–Trinajstić information content (AvgIpc) is 3.18. The van der Waals surface area contributed by atoms with Crippen molar-refractivity contribution in [2.75, 3.05) is 25.1 Å². The Hall–Kier alpha value is -3.70. The predicted octanol–water partition coefficient (Wildman–Crippen LogP) is 6.14. The number of halogens is 6. The fourth-order valence-electron chi connectivity index (χ4n) is 4.43. The molecule has 39 heavy (non-hydrogen) atoms. The Morgan fingerprint density at radius 2 is 1.87 bits per heavy atom. The fourth-order valence-corrected chi connectivity index (χ4v) is 4.66. The highest BCUT2D eigenvalue weighted by Gasteiger charge is 2.37. The van der Waals surface area contributed by atoms with Crippen LogP contribution in [0, 0.1) is 17.0 Å². The number of alkyl halides is 3. The highest BCUT2D eigenvalue weighted by molar-refractivity contribution is 6.31. The number of benzene rings is 3. The van der Waals surface area contributed by atoms with Gasteiger partial charge in [0.25, 0.3) is 11.8 Å². The van der Waals surface area contributed by atoms with Crippen LogP contribution in [0.3, 0.4) is 0 Å². The Balaban J connectivity index is 1.57. The quantitative estimate of drug-likeness (QED) is 0.352. The molecule has 0 saturated carbocycles. The topological polar surface area (TPSA) is 76.7 Å². The first kappa shape index (κ1) is 26.9. The molecule has 12 heteroatoms. The molecule has 0 aliphatic carbocycles. The summed E-state index contributed by atoms with van der Waals surface area (Å²) < 4.78 is 78.9. The highest BCUT2D eigenvalue weighted by Crippen LogP contribution is 2.42. The molecular formula is C27H20ClF5N2O4. The van der Waals surface area contributed by atoms with E-state index in [2.05, 4.69) is 10.6 Å². The molecule has 0 bridgehead atoms. The number of rotatable bonds is 6. The Bertz CT molecular complexity index is 1490. The maximum atomic E-state index is 14.1. The number of fused-ring (bicyclic) bond motifs is 1. The summed E-state index contributed by atoms with van der Waals surface area (Å²) in [5.41, 5.74) is -1.75. The van der Waals surface area contributed by atoms with Gasteiger partial charge in [0.05, 0.1) is 42.7 Å². The molecule has 2 amide bonds. The van der Waals surface area contributed by atoms with Crippen LogP contribution < -0.4 is 15.4 Å². The maximum Gasteiger partial charge on any atom is 0.416 e. The van der Waals surface area contributed by atoms with E-state index in [4.69, 9.17) is 21.1 Å². The van der Waals surface area contributed by atoms with Crippen LogP contribution in [0.25, 0.3) is 0 Å². The van der Waals surface area contributed by atoms with E-state index in [1.807, 2.05) is 6.92 Å². The van der Waals surface area contributed by atoms with E-state index in [1.165, 1.54) is 18.2 Å². The number of amides is 2. The van der Waals surface area contributed by atoms with Crippen molar-refractivity contribution >= 4 is 29.1 Å². The van der Waals surface area contributed by atoms with Gasteiger partial charge in [-0.05, 0) is 42.5 Å². The van der Waals surface area contributed by atoms with Gasteiger partial charge in [-0.15, -0.1) is 0 Å². The molecule has 1 fully saturated rings. The molecule has 1 unspecified atom stereocenters. The average molecular weight is 567 g/mol. The van der Waals surface area contributed by atoms with Crippen LogP contribution in [0.4, 0.5) is 27.6 Å². The largest absolute Gasteiger partial charge is 0.493 e. The number of anilines is 1. The Kier molecular flexibility index (Phi) is 6.76. The molecule has 5 rings (SSSR count). The van der Waals surface area contributed by atoms with Crippen molar-refractivity contribution in [2.45, 2.75) is 19.1 Å². The monoisotopic (exact) mass is 566 g/mol. The second-order valence-electron chi connectivity index (χ2n) is 9.78. The summed E-state index contributed by atoms with van der Waals surface area (Å²) in [4.78, 5) is 26.0. The number of carbonyl (C=O) groups excluding carboxylic acids is 2. The first-order valence-electron chi connectivity index (χ1n) is 11.7. The molecule has 2 aliphatic heterocycles. The van der Waals surface area contributed by atoms with E-state index in [9.17, 15) is 31.5 Å². The summed E-state index contributed by atoms with van der Waals surface area (Å²) >= 11 is 6.29. The number of nitrogens with one attached hydrogen (secondary N) is 2. The summed E-state index contributed by atoms with van der Waals surface area (Å²) in [6.07, 6.45) is -4.89. The number of hydrogen-bond acceptors (Lipinski definition) is 4. The van der Waals surface area contributed by atoms with Crippen molar-refractivity contribution in [2.24, 2.45) is 5.41 Å². The molecular weight excluding hydrogens is 547 g/mol. The van der Waals surface area contributed by atoms with Crippen LogP contribution in [-0.4, -0.2) is 31.6 Å². The van der Waals surface area contributed by atoms with Gasteiger partial charge in [-0.3, -0.25) is 9.59 Å². The number of hydrogen-bond donors (Lipinski definition) is 2. The zero-order chi connectivity index (χ0) is 28.1. The van der Waals surface area contributed by atoms with Crippen LogP contribution >= 0.6 is 11.6 Å². The summed E-state index contributed by atoms with van der Waals surface area (Å²) in [5.74, 6) is -3.33. The maximum absolute atomic E-state index is 14.1. The molecule has 1 atom stereocenters. The van der Waals surface area contributed by atoms with Crippen molar-refractivity contribution in [3.63, 3.8) is 0 Å². The summed E-state index contributed by atoms with van der Waals surface area (Å²) in [7, 11) is 0. The molecule has 3 aromatic rings. The zero-order valence-electron chi connectivity index (χ0n) is 20.2. The smallest absolute Gasteiger partial charge is 0.416 e. The molecule has 0 aromatic heterocycles. The fraction of sp³-hybridized carbons (Fsp3) is 0.259. The van der Waals surface area contributed by atoms with Gasteiger partial charge in [-0.2, -0.15) is 13.2 Å². The summed E-state index contributed by atoms with van der Waals surface area (Å²) in [6.45, 7) is 3.08. The van der Waals surface area contributed by atoms with E-state index in [1.54, 1.807) is 0 Å². The predicted molar refractivity (Wildman–Crippen MR) is 131 cm³/mol. The van der Waals surface area contributed by atoms with Gasteiger partial charge in [0, 0.05) is 33.2 Å². The minimum absolute atomic E-state index is 0.0102.